The molecule has 0 saturated heterocycles. The number of aromatic nitrogens is 1. The van der Waals surface area contributed by atoms with Crippen LogP contribution in [0.2, 0.25) is 0 Å². The average molecular weight is 233 g/mol. The Morgan fingerprint density at radius 1 is 0.889 bits per heavy atom. The molecule has 3 rings (SSSR count). The van der Waals surface area contributed by atoms with Gasteiger partial charge in [-0.2, -0.15) is 0 Å². The van der Waals surface area contributed by atoms with Gasteiger partial charge in [0.15, 0.2) is 0 Å². The highest BCUT2D eigenvalue weighted by atomic mass is 14.7. The predicted octanol–water partition coefficient (Wildman–Crippen LogP) is 4.13. The second-order valence-electron chi connectivity index (χ2n) is 4.69. The summed E-state index contributed by atoms with van der Waals surface area (Å²) in [7, 11) is 0. The molecule has 1 aromatic heterocycles. The summed E-state index contributed by atoms with van der Waals surface area (Å²) in [6.07, 6.45) is 2.85. The molecule has 0 aliphatic rings. The fourth-order valence-corrected chi connectivity index (χ4v) is 2.26. The van der Waals surface area contributed by atoms with Crippen molar-refractivity contribution < 1.29 is 0 Å². The molecule has 88 valence electrons. The number of pyridine rings is 1. The summed E-state index contributed by atoms with van der Waals surface area (Å²) in [6.45, 7) is 2.12. The van der Waals surface area contributed by atoms with Gasteiger partial charge < -0.3 is 0 Å². The maximum Gasteiger partial charge on any atom is 0.0453 e. The number of hydrogen-bond donors (Lipinski definition) is 0. The van der Waals surface area contributed by atoms with Gasteiger partial charge in [-0.05, 0) is 23.9 Å². The lowest BCUT2D eigenvalue weighted by Crippen LogP contribution is -1.92. The summed E-state index contributed by atoms with van der Waals surface area (Å²) in [5, 5.41) is 2.46. The Hall–Kier alpha value is -2.15. The molecule has 0 N–H and O–H groups in total. The van der Waals surface area contributed by atoms with Crippen LogP contribution in [-0.4, -0.2) is 4.98 Å². The zero-order valence-electron chi connectivity index (χ0n) is 10.4. The molecule has 0 spiro atoms. The van der Waals surface area contributed by atoms with Gasteiger partial charge in [0.2, 0.25) is 0 Å². The topological polar surface area (TPSA) is 12.9 Å². The number of nitrogens with zero attached hydrogens (tertiary/aromatic N) is 1. The molecule has 0 bridgehead atoms. The second-order valence-corrected chi connectivity index (χ2v) is 4.69. The maximum absolute atomic E-state index is 4.53. The monoisotopic (exact) mass is 233 g/mol. The third-order valence-corrected chi connectivity index (χ3v) is 3.16. The van der Waals surface area contributed by atoms with Crippen molar-refractivity contribution in [3.05, 3.63) is 77.6 Å². The van der Waals surface area contributed by atoms with Crippen molar-refractivity contribution in [2.24, 2.45) is 0 Å². The molecule has 0 amide bonds. The lowest BCUT2D eigenvalue weighted by molar-refractivity contribution is 1.08. The van der Waals surface area contributed by atoms with Crippen LogP contribution in [0.15, 0.2) is 60.8 Å². The van der Waals surface area contributed by atoms with Crippen LogP contribution in [0, 0.1) is 6.92 Å². The van der Waals surface area contributed by atoms with Crippen LogP contribution in [0.5, 0.6) is 0 Å². The molecule has 3 aromatic rings. The van der Waals surface area contributed by atoms with E-state index in [4.69, 9.17) is 0 Å². The van der Waals surface area contributed by atoms with Crippen molar-refractivity contribution in [2.45, 2.75) is 13.3 Å². The summed E-state index contributed by atoms with van der Waals surface area (Å²) in [5.74, 6) is 0. The van der Waals surface area contributed by atoms with Crippen LogP contribution in [0.25, 0.3) is 10.8 Å². The van der Waals surface area contributed by atoms with Gasteiger partial charge in [0.05, 0.1) is 0 Å². The van der Waals surface area contributed by atoms with E-state index in [-0.39, 0.29) is 0 Å². The van der Waals surface area contributed by atoms with E-state index in [2.05, 4.69) is 60.4 Å². The number of hydrogen-bond acceptors (Lipinski definition) is 1. The average Bonchev–Trinajstić information content (AvgIpc) is 2.39. The molecule has 1 nitrogen and oxygen atoms in total. The maximum atomic E-state index is 4.53. The third kappa shape index (κ3) is 2.25. The fraction of sp³-hybridized carbons (Fsp3) is 0.118. The zero-order chi connectivity index (χ0) is 12.4. The molecule has 0 saturated carbocycles. The molecule has 0 radical (unpaired) electrons. The number of fused-ring (bicyclic) bond motifs is 1. The van der Waals surface area contributed by atoms with Gasteiger partial charge in [0.1, 0.15) is 0 Å². The normalized spacial score (nSPS) is 10.7. The van der Waals surface area contributed by atoms with Crippen LogP contribution in [-0.2, 0) is 6.42 Å². The Kier molecular flexibility index (Phi) is 2.81. The summed E-state index contributed by atoms with van der Waals surface area (Å²) < 4.78 is 0. The summed E-state index contributed by atoms with van der Waals surface area (Å²) in [5.41, 5.74) is 3.74. The van der Waals surface area contributed by atoms with Gasteiger partial charge in [-0.3, -0.25) is 4.98 Å². The minimum Gasteiger partial charge on any atom is -0.260 e. The van der Waals surface area contributed by atoms with Crippen molar-refractivity contribution in [2.75, 3.05) is 0 Å². The van der Waals surface area contributed by atoms with Crippen LogP contribution >= 0.6 is 0 Å². The third-order valence-electron chi connectivity index (χ3n) is 3.16. The summed E-state index contributed by atoms with van der Waals surface area (Å²) in [6, 6.07) is 19.1. The molecule has 0 aliphatic heterocycles. The molecular formula is C17H15N. The first kappa shape index (κ1) is 11.0. The Labute approximate surface area is 107 Å². The largest absolute Gasteiger partial charge is 0.260 e. The lowest BCUT2D eigenvalue weighted by Gasteiger charge is -2.04. The van der Waals surface area contributed by atoms with Gasteiger partial charge in [0, 0.05) is 23.7 Å². The highest BCUT2D eigenvalue weighted by Crippen LogP contribution is 2.16. The van der Waals surface area contributed by atoms with E-state index in [9.17, 15) is 0 Å². The summed E-state index contributed by atoms with van der Waals surface area (Å²) in [4.78, 5) is 4.53. The molecule has 0 unspecified atom stereocenters. The smallest absolute Gasteiger partial charge is 0.0453 e. The SMILES string of the molecule is Cc1cccc(Cc2cc3ccccc3cn2)c1. The van der Waals surface area contributed by atoms with Crippen LogP contribution < -0.4 is 0 Å². The molecular weight excluding hydrogens is 218 g/mol. The number of benzene rings is 2. The zero-order valence-corrected chi connectivity index (χ0v) is 10.4. The van der Waals surface area contributed by atoms with Crippen LogP contribution in [0.4, 0.5) is 0 Å². The van der Waals surface area contributed by atoms with Gasteiger partial charge in [-0.15, -0.1) is 0 Å². The molecule has 0 fully saturated rings. The van der Waals surface area contributed by atoms with E-state index >= 15 is 0 Å². The van der Waals surface area contributed by atoms with Crippen LogP contribution in [0.3, 0.4) is 0 Å². The molecule has 1 heterocycles. The number of aryl methyl sites for hydroxylation is 1. The van der Waals surface area contributed by atoms with E-state index in [1.807, 2.05) is 12.3 Å². The van der Waals surface area contributed by atoms with Crippen molar-refractivity contribution in [1.82, 2.24) is 4.98 Å². The highest BCUT2D eigenvalue weighted by molar-refractivity contribution is 5.81. The van der Waals surface area contributed by atoms with E-state index < -0.39 is 0 Å². The first-order valence-electron chi connectivity index (χ1n) is 6.20. The van der Waals surface area contributed by atoms with Crippen LogP contribution in [0.1, 0.15) is 16.8 Å². The molecule has 2 aromatic carbocycles. The van der Waals surface area contributed by atoms with E-state index in [1.54, 1.807) is 0 Å². The Bertz CT molecular complexity index is 686. The number of rotatable bonds is 2. The second kappa shape index (κ2) is 4.61. The van der Waals surface area contributed by atoms with Gasteiger partial charge in [-0.1, -0.05) is 54.1 Å². The van der Waals surface area contributed by atoms with Gasteiger partial charge in [0.25, 0.3) is 0 Å². The Balaban J connectivity index is 1.95. The quantitative estimate of drug-likeness (QED) is 0.648. The Morgan fingerprint density at radius 2 is 1.72 bits per heavy atom. The minimum absolute atomic E-state index is 0.895. The van der Waals surface area contributed by atoms with E-state index in [0.717, 1.165) is 12.1 Å². The molecule has 0 atom stereocenters. The highest BCUT2D eigenvalue weighted by Gasteiger charge is 2.00. The van der Waals surface area contributed by atoms with E-state index in [1.165, 1.54) is 21.9 Å². The Morgan fingerprint density at radius 3 is 2.56 bits per heavy atom. The standard InChI is InChI=1S/C17H15N/c1-13-5-4-6-14(9-13)10-17-11-15-7-2-3-8-16(15)12-18-17/h2-9,11-12H,10H2,1H3. The van der Waals surface area contributed by atoms with E-state index in [0.29, 0.717) is 0 Å². The van der Waals surface area contributed by atoms with Crippen molar-refractivity contribution in [3.63, 3.8) is 0 Å². The summed E-state index contributed by atoms with van der Waals surface area (Å²) >= 11 is 0. The lowest BCUT2D eigenvalue weighted by atomic mass is 10.1. The first-order valence-corrected chi connectivity index (χ1v) is 6.20. The minimum atomic E-state index is 0.895. The van der Waals surface area contributed by atoms with Crippen molar-refractivity contribution in [1.29, 1.82) is 0 Å². The predicted molar refractivity (Wildman–Crippen MR) is 75.7 cm³/mol. The van der Waals surface area contributed by atoms with Crippen molar-refractivity contribution in [3.8, 4) is 0 Å². The molecule has 0 aliphatic carbocycles. The molecule has 18 heavy (non-hydrogen) atoms. The first-order chi connectivity index (χ1) is 8.81. The van der Waals surface area contributed by atoms with Gasteiger partial charge >= 0.3 is 0 Å². The van der Waals surface area contributed by atoms with Gasteiger partial charge in [-0.25, -0.2) is 0 Å². The molecule has 1 heteroatoms. The fourth-order valence-electron chi connectivity index (χ4n) is 2.26. The van der Waals surface area contributed by atoms with Crippen molar-refractivity contribution >= 4 is 10.8 Å².